The first-order valence-corrected chi connectivity index (χ1v) is 9.80. The van der Waals surface area contributed by atoms with Crippen LogP contribution in [0.2, 0.25) is 0 Å². The van der Waals surface area contributed by atoms with E-state index in [2.05, 4.69) is 32.3 Å². The molecule has 3 N–H and O–H groups in total. The van der Waals surface area contributed by atoms with Gasteiger partial charge in [0.2, 0.25) is 5.95 Å². The molecular formula is C21H23N7O2. The molecule has 0 saturated heterocycles. The summed E-state index contributed by atoms with van der Waals surface area (Å²) in [6.45, 7) is 3.35. The monoisotopic (exact) mass is 405 g/mol. The third-order valence-corrected chi connectivity index (χ3v) is 4.91. The van der Waals surface area contributed by atoms with Crippen LogP contribution >= 0.6 is 0 Å². The van der Waals surface area contributed by atoms with Crippen molar-refractivity contribution in [3.63, 3.8) is 0 Å². The SMILES string of the molecule is CCCCNc1nc(N)nc2cnn(Cc3ccc(C(=O)OC)c4cccnc34)c12. The van der Waals surface area contributed by atoms with Crippen molar-refractivity contribution in [2.75, 3.05) is 24.7 Å². The molecule has 0 aliphatic carbocycles. The number of benzene rings is 1. The number of carbonyl (C=O) groups is 1. The summed E-state index contributed by atoms with van der Waals surface area (Å²) in [5, 5.41) is 8.58. The second kappa shape index (κ2) is 8.32. The van der Waals surface area contributed by atoms with Gasteiger partial charge in [0.1, 0.15) is 11.0 Å². The van der Waals surface area contributed by atoms with Crippen molar-refractivity contribution in [1.29, 1.82) is 0 Å². The van der Waals surface area contributed by atoms with Gasteiger partial charge in [-0.3, -0.25) is 9.67 Å². The van der Waals surface area contributed by atoms with Crippen molar-refractivity contribution in [2.24, 2.45) is 0 Å². The van der Waals surface area contributed by atoms with Crippen molar-refractivity contribution in [3.8, 4) is 0 Å². The molecule has 154 valence electrons. The number of anilines is 2. The lowest BCUT2D eigenvalue weighted by molar-refractivity contribution is 0.0603. The summed E-state index contributed by atoms with van der Waals surface area (Å²) in [7, 11) is 1.37. The van der Waals surface area contributed by atoms with Crippen LogP contribution in [0.5, 0.6) is 0 Å². The van der Waals surface area contributed by atoms with E-state index >= 15 is 0 Å². The Labute approximate surface area is 173 Å². The third-order valence-electron chi connectivity index (χ3n) is 4.91. The number of fused-ring (bicyclic) bond motifs is 2. The molecule has 4 rings (SSSR count). The number of nitrogens with zero attached hydrogens (tertiary/aromatic N) is 5. The molecule has 0 radical (unpaired) electrons. The van der Waals surface area contributed by atoms with Crippen molar-refractivity contribution >= 4 is 39.7 Å². The Morgan fingerprint density at radius 2 is 2.13 bits per heavy atom. The molecule has 9 heteroatoms. The van der Waals surface area contributed by atoms with E-state index in [9.17, 15) is 4.79 Å². The molecule has 0 amide bonds. The number of methoxy groups -OCH3 is 1. The highest BCUT2D eigenvalue weighted by molar-refractivity contribution is 6.04. The molecule has 0 fully saturated rings. The molecule has 3 aromatic heterocycles. The molecule has 0 spiro atoms. The number of esters is 1. The van der Waals surface area contributed by atoms with E-state index in [0.717, 1.165) is 41.4 Å². The number of rotatable bonds is 7. The van der Waals surface area contributed by atoms with E-state index < -0.39 is 5.97 Å². The molecule has 3 heterocycles. The van der Waals surface area contributed by atoms with E-state index in [1.54, 1.807) is 24.5 Å². The van der Waals surface area contributed by atoms with Crippen molar-refractivity contribution < 1.29 is 9.53 Å². The molecule has 30 heavy (non-hydrogen) atoms. The molecule has 1 aromatic carbocycles. The fourth-order valence-corrected chi connectivity index (χ4v) is 3.45. The van der Waals surface area contributed by atoms with Crippen LogP contribution in [0.25, 0.3) is 21.9 Å². The van der Waals surface area contributed by atoms with Crippen LogP contribution in [0.15, 0.2) is 36.7 Å². The molecule has 0 saturated carbocycles. The zero-order chi connectivity index (χ0) is 21.1. The first-order valence-electron chi connectivity index (χ1n) is 9.80. The van der Waals surface area contributed by atoms with E-state index in [4.69, 9.17) is 10.5 Å². The van der Waals surface area contributed by atoms with E-state index in [0.29, 0.717) is 23.4 Å². The molecule has 0 unspecified atom stereocenters. The highest BCUT2D eigenvalue weighted by Gasteiger charge is 2.17. The fourth-order valence-electron chi connectivity index (χ4n) is 3.45. The predicted molar refractivity (Wildman–Crippen MR) is 115 cm³/mol. The molecule has 0 aliphatic rings. The summed E-state index contributed by atoms with van der Waals surface area (Å²) in [5.41, 5.74) is 9.44. The number of nitrogen functional groups attached to an aromatic ring is 1. The first kappa shape index (κ1) is 19.6. The summed E-state index contributed by atoms with van der Waals surface area (Å²) in [5.74, 6) is 0.470. The summed E-state index contributed by atoms with van der Waals surface area (Å²) in [4.78, 5) is 25.3. The van der Waals surface area contributed by atoms with Gasteiger partial charge in [0.05, 0.1) is 30.9 Å². The van der Waals surface area contributed by atoms with Crippen molar-refractivity contribution in [3.05, 3.63) is 47.8 Å². The van der Waals surface area contributed by atoms with E-state index in [1.165, 1.54) is 7.11 Å². The van der Waals surface area contributed by atoms with E-state index in [-0.39, 0.29) is 5.95 Å². The normalized spacial score (nSPS) is 11.1. The lowest BCUT2D eigenvalue weighted by Crippen LogP contribution is -2.10. The number of nitrogens with one attached hydrogen (secondary N) is 1. The summed E-state index contributed by atoms with van der Waals surface area (Å²) < 4.78 is 6.72. The van der Waals surface area contributed by atoms with Crippen molar-refractivity contribution in [2.45, 2.75) is 26.3 Å². The Hall–Kier alpha value is -3.75. The second-order valence-corrected chi connectivity index (χ2v) is 6.91. The van der Waals surface area contributed by atoms with Gasteiger partial charge in [0.15, 0.2) is 5.82 Å². The molecule has 9 nitrogen and oxygen atoms in total. The quantitative estimate of drug-likeness (QED) is 0.355. The van der Waals surface area contributed by atoms with Crippen molar-refractivity contribution in [1.82, 2.24) is 24.7 Å². The lowest BCUT2D eigenvalue weighted by atomic mass is 10.0. The number of unbranched alkanes of at least 4 members (excludes halogenated alkanes) is 1. The minimum atomic E-state index is -0.393. The highest BCUT2D eigenvalue weighted by Crippen LogP contribution is 2.26. The van der Waals surface area contributed by atoms with Crippen LogP contribution < -0.4 is 11.1 Å². The largest absolute Gasteiger partial charge is 0.465 e. The number of ether oxygens (including phenoxy) is 1. The van der Waals surface area contributed by atoms with Gasteiger partial charge in [-0.15, -0.1) is 0 Å². The lowest BCUT2D eigenvalue weighted by Gasteiger charge is -2.12. The number of hydrogen-bond acceptors (Lipinski definition) is 8. The maximum absolute atomic E-state index is 12.1. The molecule has 0 atom stereocenters. The number of nitrogens with two attached hydrogens (primary N) is 1. The van der Waals surface area contributed by atoms with Crippen LogP contribution in [0, 0.1) is 0 Å². The Bertz CT molecular complexity index is 1220. The standard InChI is InChI=1S/C21H23N7O2/c1-3-4-9-24-19-18-16(26-21(22)27-19)11-25-28(18)12-13-7-8-15(20(29)30-2)14-6-5-10-23-17(13)14/h5-8,10-11H,3-4,9,12H2,1-2H3,(H3,22,24,26,27). The Balaban J connectivity index is 1.78. The molecular weight excluding hydrogens is 382 g/mol. The topological polar surface area (TPSA) is 121 Å². The third kappa shape index (κ3) is 3.61. The summed E-state index contributed by atoms with van der Waals surface area (Å²) in [6, 6.07) is 7.29. The maximum atomic E-state index is 12.1. The number of pyridine rings is 1. The summed E-state index contributed by atoms with van der Waals surface area (Å²) >= 11 is 0. The number of hydrogen-bond donors (Lipinski definition) is 2. The average molecular weight is 405 g/mol. The van der Waals surface area contributed by atoms with Gasteiger partial charge in [-0.05, 0) is 24.1 Å². The summed E-state index contributed by atoms with van der Waals surface area (Å²) in [6.07, 6.45) is 5.47. The van der Waals surface area contributed by atoms with Crippen LogP contribution in [0.3, 0.4) is 0 Å². The highest BCUT2D eigenvalue weighted by atomic mass is 16.5. The zero-order valence-electron chi connectivity index (χ0n) is 16.9. The smallest absolute Gasteiger partial charge is 0.338 e. The predicted octanol–water partition coefficient (Wildman–Crippen LogP) is 3.00. The number of aromatic nitrogens is 5. The van der Waals surface area contributed by atoms with Gasteiger partial charge in [-0.2, -0.15) is 10.1 Å². The van der Waals surface area contributed by atoms with Crippen LogP contribution in [0.1, 0.15) is 35.7 Å². The maximum Gasteiger partial charge on any atom is 0.338 e. The minimum absolute atomic E-state index is 0.204. The van der Waals surface area contributed by atoms with Crippen LogP contribution in [-0.4, -0.2) is 44.4 Å². The van der Waals surface area contributed by atoms with Gasteiger partial charge in [0, 0.05) is 18.1 Å². The molecule has 0 bridgehead atoms. The Morgan fingerprint density at radius 1 is 1.27 bits per heavy atom. The average Bonchev–Trinajstić information content (AvgIpc) is 3.16. The minimum Gasteiger partial charge on any atom is -0.465 e. The van der Waals surface area contributed by atoms with Crippen LogP contribution in [0.4, 0.5) is 11.8 Å². The van der Waals surface area contributed by atoms with Gasteiger partial charge >= 0.3 is 5.97 Å². The zero-order valence-corrected chi connectivity index (χ0v) is 16.9. The van der Waals surface area contributed by atoms with Gasteiger partial charge in [-0.25, -0.2) is 9.78 Å². The van der Waals surface area contributed by atoms with E-state index in [1.807, 2.05) is 16.8 Å². The van der Waals surface area contributed by atoms with Gasteiger partial charge in [0.25, 0.3) is 0 Å². The second-order valence-electron chi connectivity index (χ2n) is 6.91. The molecule has 4 aromatic rings. The Morgan fingerprint density at radius 3 is 2.93 bits per heavy atom. The first-order chi connectivity index (χ1) is 14.6. The number of carbonyl (C=O) groups excluding carboxylic acids is 1. The van der Waals surface area contributed by atoms with Gasteiger partial charge in [-0.1, -0.05) is 25.5 Å². The molecule has 0 aliphatic heterocycles. The fraction of sp³-hybridized carbons (Fsp3) is 0.286. The van der Waals surface area contributed by atoms with Gasteiger partial charge < -0.3 is 15.8 Å². The van der Waals surface area contributed by atoms with Crippen LogP contribution in [-0.2, 0) is 11.3 Å². The Kier molecular flexibility index (Phi) is 5.42.